The standard InChI is InChI=1S/C8H6ClFN2O/c1-13-8-5(2-3-11)4-6(10)7(9)12-8/h4H,2H2,1H3. The zero-order valence-corrected chi connectivity index (χ0v) is 7.60. The lowest BCUT2D eigenvalue weighted by molar-refractivity contribution is 0.391. The molecule has 0 saturated heterocycles. The van der Waals surface area contributed by atoms with E-state index in [1.54, 1.807) is 0 Å². The number of ether oxygens (including phenoxy) is 1. The third-order valence-electron chi connectivity index (χ3n) is 1.44. The molecule has 1 heterocycles. The molecule has 0 radical (unpaired) electrons. The summed E-state index contributed by atoms with van der Waals surface area (Å²) >= 11 is 5.42. The van der Waals surface area contributed by atoms with Crippen molar-refractivity contribution in [3.05, 3.63) is 22.6 Å². The predicted octanol–water partition coefficient (Wildman–Crippen LogP) is 1.95. The van der Waals surface area contributed by atoms with Crippen molar-refractivity contribution in [1.29, 1.82) is 5.26 Å². The molecular formula is C8H6ClFN2O. The van der Waals surface area contributed by atoms with Crippen LogP contribution in [0.3, 0.4) is 0 Å². The van der Waals surface area contributed by atoms with E-state index in [0.717, 1.165) is 6.07 Å². The van der Waals surface area contributed by atoms with Gasteiger partial charge in [0.05, 0.1) is 19.6 Å². The molecule has 1 aromatic heterocycles. The lowest BCUT2D eigenvalue weighted by Gasteiger charge is -2.04. The maximum atomic E-state index is 12.9. The van der Waals surface area contributed by atoms with E-state index in [-0.39, 0.29) is 17.5 Å². The molecule has 0 saturated carbocycles. The minimum atomic E-state index is -0.646. The maximum absolute atomic E-state index is 12.9. The predicted molar refractivity (Wildman–Crippen MR) is 45.1 cm³/mol. The SMILES string of the molecule is COc1nc(Cl)c(F)cc1CC#N. The van der Waals surface area contributed by atoms with Gasteiger partial charge in [0, 0.05) is 5.56 Å². The molecule has 0 N–H and O–H groups in total. The smallest absolute Gasteiger partial charge is 0.218 e. The summed E-state index contributed by atoms with van der Waals surface area (Å²) < 4.78 is 17.7. The van der Waals surface area contributed by atoms with Gasteiger partial charge in [0.15, 0.2) is 11.0 Å². The van der Waals surface area contributed by atoms with E-state index < -0.39 is 5.82 Å². The molecule has 0 unspecified atom stereocenters. The Kier molecular flexibility index (Phi) is 3.04. The first kappa shape index (κ1) is 9.75. The number of nitriles is 1. The highest BCUT2D eigenvalue weighted by Gasteiger charge is 2.09. The third-order valence-corrected chi connectivity index (χ3v) is 1.70. The van der Waals surface area contributed by atoms with E-state index in [2.05, 4.69) is 4.98 Å². The summed E-state index contributed by atoms with van der Waals surface area (Å²) in [5, 5.41) is 8.16. The van der Waals surface area contributed by atoms with Crippen molar-refractivity contribution in [1.82, 2.24) is 4.98 Å². The minimum absolute atomic E-state index is 0.0459. The van der Waals surface area contributed by atoms with Gasteiger partial charge in [0.25, 0.3) is 0 Å². The van der Waals surface area contributed by atoms with Gasteiger partial charge in [-0.25, -0.2) is 4.39 Å². The Morgan fingerprint density at radius 1 is 1.77 bits per heavy atom. The normalized spacial score (nSPS) is 9.38. The van der Waals surface area contributed by atoms with Crippen LogP contribution in [-0.2, 0) is 6.42 Å². The Bertz CT molecular complexity index is 362. The number of rotatable bonds is 2. The molecule has 0 amide bonds. The van der Waals surface area contributed by atoms with Crippen molar-refractivity contribution in [3.63, 3.8) is 0 Å². The number of hydrogen-bond acceptors (Lipinski definition) is 3. The molecule has 0 bridgehead atoms. The Morgan fingerprint density at radius 3 is 3.00 bits per heavy atom. The average molecular weight is 201 g/mol. The van der Waals surface area contributed by atoms with Gasteiger partial charge in [-0.1, -0.05) is 11.6 Å². The first-order valence-corrected chi connectivity index (χ1v) is 3.82. The summed E-state index contributed by atoms with van der Waals surface area (Å²) in [7, 11) is 1.39. The van der Waals surface area contributed by atoms with Crippen LogP contribution in [-0.4, -0.2) is 12.1 Å². The molecule has 0 aromatic carbocycles. The highest BCUT2D eigenvalue weighted by molar-refractivity contribution is 6.29. The van der Waals surface area contributed by atoms with Crippen LogP contribution in [0.4, 0.5) is 4.39 Å². The van der Waals surface area contributed by atoms with Crippen LogP contribution < -0.4 is 4.74 Å². The van der Waals surface area contributed by atoms with Crippen LogP contribution in [0.1, 0.15) is 5.56 Å². The fourth-order valence-corrected chi connectivity index (χ4v) is 1.01. The zero-order chi connectivity index (χ0) is 9.84. The van der Waals surface area contributed by atoms with Crippen molar-refractivity contribution in [2.45, 2.75) is 6.42 Å². The van der Waals surface area contributed by atoms with Crippen molar-refractivity contribution >= 4 is 11.6 Å². The Morgan fingerprint density at radius 2 is 2.46 bits per heavy atom. The second-order valence-electron chi connectivity index (χ2n) is 2.26. The molecule has 13 heavy (non-hydrogen) atoms. The summed E-state index contributed by atoms with van der Waals surface area (Å²) in [5.41, 5.74) is 0.395. The largest absolute Gasteiger partial charge is 0.481 e. The zero-order valence-electron chi connectivity index (χ0n) is 6.84. The first-order chi connectivity index (χ1) is 6.19. The number of pyridine rings is 1. The highest BCUT2D eigenvalue weighted by atomic mass is 35.5. The Labute approximate surface area is 79.7 Å². The molecule has 1 aromatic rings. The molecule has 0 aliphatic carbocycles. The molecule has 0 fully saturated rings. The quantitative estimate of drug-likeness (QED) is 0.686. The number of halogens is 2. The molecule has 68 valence electrons. The number of hydrogen-bond donors (Lipinski definition) is 0. The van der Waals surface area contributed by atoms with Crippen LogP contribution in [0.25, 0.3) is 0 Å². The van der Waals surface area contributed by atoms with Gasteiger partial charge in [-0.2, -0.15) is 10.2 Å². The number of aromatic nitrogens is 1. The highest BCUT2D eigenvalue weighted by Crippen LogP contribution is 2.21. The summed E-state index contributed by atoms with van der Waals surface area (Å²) in [5.74, 6) is -0.458. The molecular weight excluding hydrogens is 195 g/mol. The molecule has 0 atom stereocenters. The molecule has 0 aliphatic rings. The Hall–Kier alpha value is -1.34. The summed E-state index contributed by atoms with van der Waals surface area (Å²) in [4.78, 5) is 3.63. The summed E-state index contributed by atoms with van der Waals surface area (Å²) in [6.07, 6.45) is 0.0459. The van der Waals surface area contributed by atoms with Gasteiger partial charge in [-0.15, -0.1) is 0 Å². The maximum Gasteiger partial charge on any atom is 0.218 e. The van der Waals surface area contributed by atoms with Crippen LogP contribution in [0.15, 0.2) is 6.07 Å². The van der Waals surface area contributed by atoms with Gasteiger partial charge >= 0.3 is 0 Å². The fourth-order valence-electron chi connectivity index (χ4n) is 0.877. The second-order valence-corrected chi connectivity index (χ2v) is 2.62. The van der Waals surface area contributed by atoms with E-state index in [1.165, 1.54) is 7.11 Å². The number of methoxy groups -OCH3 is 1. The van der Waals surface area contributed by atoms with Crippen molar-refractivity contribution in [2.75, 3.05) is 7.11 Å². The van der Waals surface area contributed by atoms with Crippen LogP contribution in [0.5, 0.6) is 5.88 Å². The molecule has 5 heteroatoms. The van der Waals surface area contributed by atoms with Crippen LogP contribution in [0, 0.1) is 17.1 Å². The van der Waals surface area contributed by atoms with Crippen molar-refractivity contribution < 1.29 is 9.13 Å². The minimum Gasteiger partial charge on any atom is -0.481 e. The second kappa shape index (κ2) is 4.06. The first-order valence-electron chi connectivity index (χ1n) is 3.45. The van der Waals surface area contributed by atoms with Gasteiger partial charge < -0.3 is 4.74 Å². The molecule has 1 rings (SSSR count). The van der Waals surface area contributed by atoms with Gasteiger partial charge in [-0.05, 0) is 6.07 Å². The van der Waals surface area contributed by atoms with E-state index in [9.17, 15) is 4.39 Å². The molecule has 0 aliphatic heterocycles. The van der Waals surface area contributed by atoms with E-state index in [0.29, 0.717) is 5.56 Å². The van der Waals surface area contributed by atoms with E-state index in [4.69, 9.17) is 21.6 Å². The van der Waals surface area contributed by atoms with Gasteiger partial charge in [0.2, 0.25) is 5.88 Å². The monoisotopic (exact) mass is 200 g/mol. The molecule has 3 nitrogen and oxygen atoms in total. The average Bonchev–Trinajstić information content (AvgIpc) is 2.11. The van der Waals surface area contributed by atoms with Gasteiger partial charge in [-0.3, -0.25) is 0 Å². The van der Waals surface area contributed by atoms with Crippen LogP contribution in [0.2, 0.25) is 5.15 Å². The third kappa shape index (κ3) is 2.07. The Balaban J connectivity index is 3.18. The lowest BCUT2D eigenvalue weighted by atomic mass is 10.2. The van der Waals surface area contributed by atoms with Crippen LogP contribution >= 0.6 is 11.6 Å². The van der Waals surface area contributed by atoms with E-state index >= 15 is 0 Å². The van der Waals surface area contributed by atoms with E-state index in [1.807, 2.05) is 6.07 Å². The summed E-state index contributed by atoms with van der Waals surface area (Å²) in [6.45, 7) is 0. The lowest BCUT2D eigenvalue weighted by Crippen LogP contribution is -1.97. The summed E-state index contributed by atoms with van der Waals surface area (Å²) in [6, 6.07) is 3.03. The molecule has 0 spiro atoms. The van der Waals surface area contributed by atoms with Crippen molar-refractivity contribution in [3.8, 4) is 11.9 Å². The fraction of sp³-hybridized carbons (Fsp3) is 0.250. The number of nitrogens with zero attached hydrogens (tertiary/aromatic N) is 2. The van der Waals surface area contributed by atoms with Gasteiger partial charge in [0.1, 0.15) is 0 Å². The topological polar surface area (TPSA) is 45.9 Å². The van der Waals surface area contributed by atoms with Crippen molar-refractivity contribution in [2.24, 2.45) is 0 Å².